The first-order chi connectivity index (χ1) is 6.77. The molecular weight excluding hydrogens is 180 g/mol. The highest BCUT2D eigenvalue weighted by atomic mass is 16.5. The van der Waals surface area contributed by atoms with E-state index in [1.807, 2.05) is 0 Å². The number of amides is 1. The molecule has 0 saturated carbocycles. The van der Waals surface area contributed by atoms with Crippen LogP contribution in [0.4, 0.5) is 5.69 Å². The molecule has 0 radical (unpaired) electrons. The molecule has 1 rings (SSSR count). The van der Waals surface area contributed by atoms with Gasteiger partial charge in [-0.2, -0.15) is 0 Å². The molecule has 1 N–H and O–H groups in total. The molecule has 14 heavy (non-hydrogen) atoms. The molecule has 1 aromatic rings. The maximum absolute atomic E-state index is 11.2. The van der Waals surface area contributed by atoms with Gasteiger partial charge in [0.15, 0.2) is 0 Å². The fourth-order valence-corrected chi connectivity index (χ4v) is 0.974. The molecule has 0 saturated heterocycles. The molecule has 0 spiro atoms. The van der Waals surface area contributed by atoms with E-state index in [-0.39, 0.29) is 5.91 Å². The zero-order chi connectivity index (χ0) is 10.4. The van der Waals surface area contributed by atoms with Gasteiger partial charge in [0.1, 0.15) is 5.69 Å². The second kappa shape index (κ2) is 5.01. The van der Waals surface area contributed by atoms with Gasteiger partial charge in [0.05, 0.1) is 7.11 Å². The molecule has 0 fully saturated rings. The van der Waals surface area contributed by atoms with Crippen LogP contribution in [0.15, 0.2) is 30.5 Å². The third-order valence-corrected chi connectivity index (χ3v) is 1.54. The van der Waals surface area contributed by atoms with Crippen LogP contribution in [0.5, 0.6) is 5.88 Å². The zero-order valence-corrected chi connectivity index (χ0v) is 8.15. The van der Waals surface area contributed by atoms with Gasteiger partial charge in [0.2, 0.25) is 11.8 Å². The number of carbonyl (C=O) groups is 1. The zero-order valence-electron chi connectivity index (χ0n) is 8.15. The van der Waals surface area contributed by atoms with Crippen molar-refractivity contribution < 1.29 is 9.53 Å². The molecule has 1 aromatic heterocycles. The predicted molar refractivity (Wildman–Crippen MR) is 54.2 cm³/mol. The van der Waals surface area contributed by atoms with Crippen molar-refractivity contribution in [2.45, 2.75) is 6.92 Å². The molecule has 0 aromatic carbocycles. The monoisotopic (exact) mass is 192 g/mol. The molecule has 4 nitrogen and oxygen atoms in total. The van der Waals surface area contributed by atoms with Crippen LogP contribution in [0.25, 0.3) is 0 Å². The highest BCUT2D eigenvalue weighted by Gasteiger charge is 2.04. The number of methoxy groups -OCH3 is 1. The summed E-state index contributed by atoms with van der Waals surface area (Å²) in [6.45, 7) is 1.78. The van der Waals surface area contributed by atoms with Crippen LogP contribution < -0.4 is 10.1 Å². The summed E-state index contributed by atoms with van der Waals surface area (Å²) in [6.07, 6.45) is 4.70. The summed E-state index contributed by atoms with van der Waals surface area (Å²) in [4.78, 5) is 15.1. The third-order valence-electron chi connectivity index (χ3n) is 1.54. The second-order valence-electron chi connectivity index (χ2n) is 2.55. The Morgan fingerprint density at radius 3 is 3.07 bits per heavy atom. The molecule has 1 amide bonds. The molecule has 0 atom stereocenters. The van der Waals surface area contributed by atoms with Crippen LogP contribution in [-0.4, -0.2) is 18.0 Å². The number of ether oxygens (including phenoxy) is 1. The van der Waals surface area contributed by atoms with Crippen molar-refractivity contribution in [1.82, 2.24) is 4.98 Å². The minimum atomic E-state index is -0.196. The third kappa shape index (κ3) is 2.58. The second-order valence-corrected chi connectivity index (χ2v) is 2.55. The van der Waals surface area contributed by atoms with E-state index in [0.717, 1.165) is 0 Å². The first-order valence-corrected chi connectivity index (χ1v) is 4.20. The van der Waals surface area contributed by atoms with Gasteiger partial charge < -0.3 is 10.1 Å². The number of nitrogens with one attached hydrogen (secondary N) is 1. The van der Waals surface area contributed by atoms with Gasteiger partial charge in [-0.1, -0.05) is 6.08 Å². The summed E-state index contributed by atoms with van der Waals surface area (Å²) in [7, 11) is 1.51. The Bertz CT molecular complexity index is 348. The van der Waals surface area contributed by atoms with Crippen LogP contribution >= 0.6 is 0 Å². The van der Waals surface area contributed by atoms with Crippen molar-refractivity contribution in [3.63, 3.8) is 0 Å². The number of carbonyl (C=O) groups excluding carboxylic acids is 1. The van der Waals surface area contributed by atoms with Crippen LogP contribution in [0.2, 0.25) is 0 Å². The molecule has 1 heterocycles. The smallest absolute Gasteiger partial charge is 0.248 e. The van der Waals surface area contributed by atoms with Crippen molar-refractivity contribution in [2.75, 3.05) is 12.4 Å². The minimum Gasteiger partial charge on any atom is -0.480 e. The predicted octanol–water partition coefficient (Wildman–Crippen LogP) is 1.60. The Morgan fingerprint density at radius 2 is 2.43 bits per heavy atom. The van der Waals surface area contributed by atoms with E-state index in [2.05, 4.69) is 10.3 Å². The number of hydrogen-bond acceptors (Lipinski definition) is 3. The standard InChI is InChI=1S/C10H12N2O2/c1-3-5-9(13)12-8-6-4-7-11-10(8)14-2/h3-7H,1-2H3,(H,12,13)/b5-3+. The number of aromatic nitrogens is 1. The molecule has 0 unspecified atom stereocenters. The number of pyridine rings is 1. The Balaban J connectivity index is 2.80. The van der Waals surface area contributed by atoms with Crippen molar-refractivity contribution in [3.8, 4) is 5.88 Å². The van der Waals surface area contributed by atoms with Gasteiger partial charge in [-0.05, 0) is 25.1 Å². The van der Waals surface area contributed by atoms with E-state index in [1.54, 1.807) is 31.3 Å². The molecule has 4 heteroatoms. The van der Waals surface area contributed by atoms with E-state index in [9.17, 15) is 4.79 Å². The SMILES string of the molecule is C/C=C/C(=O)Nc1cccnc1OC. The molecule has 0 aliphatic heterocycles. The van der Waals surface area contributed by atoms with E-state index in [1.165, 1.54) is 13.2 Å². The van der Waals surface area contributed by atoms with E-state index in [4.69, 9.17) is 4.74 Å². The van der Waals surface area contributed by atoms with E-state index < -0.39 is 0 Å². The molecule has 74 valence electrons. The molecular formula is C10H12N2O2. The topological polar surface area (TPSA) is 51.2 Å². The lowest BCUT2D eigenvalue weighted by Gasteiger charge is -2.06. The van der Waals surface area contributed by atoms with Crippen LogP contribution in [0.3, 0.4) is 0 Å². The van der Waals surface area contributed by atoms with Gasteiger partial charge in [0, 0.05) is 6.20 Å². The highest BCUT2D eigenvalue weighted by Crippen LogP contribution is 2.19. The summed E-state index contributed by atoms with van der Waals surface area (Å²) in [5.74, 6) is 0.212. The van der Waals surface area contributed by atoms with Crippen LogP contribution in [-0.2, 0) is 4.79 Å². The fraction of sp³-hybridized carbons (Fsp3) is 0.200. The maximum atomic E-state index is 11.2. The lowest BCUT2D eigenvalue weighted by atomic mass is 10.4. The van der Waals surface area contributed by atoms with Crippen LogP contribution in [0.1, 0.15) is 6.92 Å². The average molecular weight is 192 g/mol. The number of rotatable bonds is 3. The van der Waals surface area contributed by atoms with Gasteiger partial charge in [0.25, 0.3) is 0 Å². The Kier molecular flexibility index (Phi) is 3.67. The van der Waals surface area contributed by atoms with Gasteiger partial charge in [-0.15, -0.1) is 0 Å². The number of anilines is 1. The lowest BCUT2D eigenvalue weighted by Crippen LogP contribution is -2.09. The average Bonchev–Trinajstić information content (AvgIpc) is 2.19. The fourth-order valence-electron chi connectivity index (χ4n) is 0.974. The van der Waals surface area contributed by atoms with Crippen molar-refractivity contribution in [2.24, 2.45) is 0 Å². The van der Waals surface area contributed by atoms with E-state index in [0.29, 0.717) is 11.6 Å². The summed E-state index contributed by atoms with van der Waals surface area (Å²) in [5.41, 5.74) is 0.568. The number of hydrogen-bond donors (Lipinski definition) is 1. The number of allylic oxidation sites excluding steroid dienone is 1. The lowest BCUT2D eigenvalue weighted by molar-refractivity contribution is -0.111. The quantitative estimate of drug-likeness (QED) is 0.740. The van der Waals surface area contributed by atoms with Crippen molar-refractivity contribution in [1.29, 1.82) is 0 Å². The van der Waals surface area contributed by atoms with Crippen LogP contribution in [0, 0.1) is 0 Å². The first kappa shape index (κ1) is 10.2. The summed E-state index contributed by atoms with van der Waals surface area (Å²) in [5, 5.41) is 2.65. The summed E-state index contributed by atoms with van der Waals surface area (Å²) < 4.78 is 4.97. The summed E-state index contributed by atoms with van der Waals surface area (Å²) >= 11 is 0. The molecule has 0 aliphatic carbocycles. The molecule has 0 aliphatic rings. The Morgan fingerprint density at radius 1 is 1.64 bits per heavy atom. The van der Waals surface area contributed by atoms with Gasteiger partial charge in [-0.3, -0.25) is 4.79 Å². The maximum Gasteiger partial charge on any atom is 0.248 e. The normalized spacial score (nSPS) is 10.1. The van der Waals surface area contributed by atoms with Crippen molar-refractivity contribution >= 4 is 11.6 Å². The Labute approximate surface area is 82.6 Å². The van der Waals surface area contributed by atoms with Gasteiger partial charge >= 0.3 is 0 Å². The Hall–Kier alpha value is -1.84. The number of nitrogens with zero attached hydrogens (tertiary/aromatic N) is 1. The van der Waals surface area contributed by atoms with E-state index >= 15 is 0 Å². The molecule has 0 bridgehead atoms. The highest BCUT2D eigenvalue weighted by molar-refractivity contribution is 5.99. The largest absolute Gasteiger partial charge is 0.480 e. The van der Waals surface area contributed by atoms with Crippen molar-refractivity contribution in [3.05, 3.63) is 30.5 Å². The summed E-state index contributed by atoms with van der Waals surface area (Å²) in [6, 6.07) is 3.46. The first-order valence-electron chi connectivity index (χ1n) is 4.20. The van der Waals surface area contributed by atoms with Gasteiger partial charge in [-0.25, -0.2) is 4.98 Å². The minimum absolute atomic E-state index is 0.196.